The van der Waals surface area contributed by atoms with Gasteiger partial charge < -0.3 is 14.4 Å². The number of carbonyl (C=O) groups excluding carboxylic acids is 1. The predicted molar refractivity (Wildman–Crippen MR) is 87.1 cm³/mol. The van der Waals surface area contributed by atoms with Gasteiger partial charge in [0.05, 0.1) is 18.1 Å². The van der Waals surface area contributed by atoms with Crippen LogP contribution in [0.3, 0.4) is 0 Å². The summed E-state index contributed by atoms with van der Waals surface area (Å²) in [6.07, 6.45) is 1.27. The molecule has 3 rings (SSSR count). The molecule has 0 aromatic heterocycles. The molecule has 2 aliphatic rings. The summed E-state index contributed by atoms with van der Waals surface area (Å²) in [5.74, 6) is -0.703. The fourth-order valence-electron chi connectivity index (χ4n) is 3.02. The summed E-state index contributed by atoms with van der Waals surface area (Å²) in [5.41, 5.74) is 0.377. The molecule has 1 aromatic rings. The molecule has 1 aromatic carbocycles. The minimum atomic E-state index is -3.56. The summed E-state index contributed by atoms with van der Waals surface area (Å²) in [6, 6.07) is 6.17. The second-order valence-electron chi connectivity index (χ2n) is 6.22. The van der Waals surface area contributed by atoms with Crippen molar-refractivity contribution < 1.29 is 22.7 Å². The first-order chi connectivity index (χ1) is 11.3. The van der Waals surface area contributed by atoms with Gasteiger partial charge in [0.2, 0.25) is 10.0 Å². The minimum absolute atomic E-state index is 0.120. The lowest BCUT2D eigenvalue weighted by Crippen LogP contribution is -2.47. The number of piperidine rings is 1. The van der Waals surface area contributed by atoms with Crippen LogP contribution in [0.1, 0.15) is 23.2 Å². The second kappa shape index (κ2) is 6.44. The van der Waals surface area contributed by atoms with Crippen molar-refractivity contribution in [1.82, 2.24) is 9.21 Å². The molecule has 0 N–H and O–H groups in total. The van der Waals surface area contributed by atoms with E-state index in [2.05, 4.69) is 0 Å². The highest BCUT2D eigenvalue weighted by Gasteiger charge is 2.40. The van der Waals surface area contributed by atoms with Crippen molar-refractivity contribution in [2.75, 3.05) is 40.4 Å². The van der Waals surface area contributed by atoms with Gasteiger partial charge in [0.25, 0.3) is 5.91 Å². The molecule has 0 atom stereocenters. The Labute approximate surface area is 142 Å². The highest BCUT2D eigenvalue weighted by molar-refractivity contribution is 7.89. The van der Waals surface area contributed by atoms with E-state index in [1.165, 1.54) is 26.2 Å². The second-order valence-corrected chi connectivity index (χ2v) is 8.37. The van der Waals surface area contributed by atoms with Gasteiger partial charge >= 0.3 is 0 Å². The summed E-state index contributed by atoms with van der Waals surface area (Å²) in [4.78, 5) is 14.5. The quantitative estimate of drug-likeness (QED) is 0.807. The first kappa shape index (κ1) is 17.3. The predicted octanol–water partition coefficient (Wildman–Crippen LogP) is 0.916. The molecule has 1 spiro atoms. The van der Waals surface area contributed by atoms with Crippen molar-refractivity contribution >= 4 is 15.9 Å². The van der Waals surface area contributed by atoms with Crippen LogP contribution in [0.2, 0.25) is 0 Å². The number of sulfonamides is 1. The smallest absolute Gasteiger partial charge is 0.253 e. The van der Waals surface area contributed by atoms with Crippen molar-refractivity contribution in [2.45, 2.75) is 23.5 Å². The number of carbonyl (C=O) groups is 1. The summed E-state index contributed by atoms with van der Waals surface area (Å²) in [5, 5.41) is 0. The summed E-state index contributed by atoms with van der Waals surface area (Å²) < 4.78 is 36.9. The van der Waals surface area contributed by atoms with E-state index in [1.807, 2.05) is 0 Å². The zero-order chi connectivity index (χ0) is 17.4. The Hall–Kier alpha value is -1.48. The molecule has 132 valence electrons. The highest BCUT2D eigenvalue weighted by atomic mass is 32.2. The number of rotatable bonds is 3. The average Bonchev–Trinajstić information content (AvgIpc) is 3.03. The molecule has 2 saturated heterocycles. The SMILES string of the molecule is CN(C)S(=O)(=O)c1cccc(C(=O)N2CCC3(CC2)OCCO3)c1. The lowest BCUT2D eigenvalue weighted by molar-refractivity contribution is -0.181. The van der Waals surface area contributed by atoms with E-state index in [0.29, 0.717) is 44.7 Å². The van der Waals surface area contributed by atoms with Crippen molar-refractivity contribution in [3.8, 4) is 0 Å². The van der Waals surface area contributed by atoms with Crippen molar-refractivity contribution in [1.29, 1.82) is 0 Å². The third-order valence-corrected chi connectivity index (χ3v) is 6.30. The molecule has 0 aliphatic carbocycles. The van der Waals surface area contributed by atoms with Crippen LogP contribution in [0.15, 0.2) is 29.2 Å². The van der Waals surface area contributed by atoms with Crippen LogP contribution in [0, 0.1) is 0 Å². The zero-order valence-electron chi connectivity index (χ0n) is 13.9. The molecular weight excluding hydrogens is 332 g/mol. The van der Waals surface area contributed by atoms with Gasteiger partial charge in [-0.2, -0.15) is 0 Å². The van der Waals surface area contributed by atoms with E-state index >= 15 is 0 Å². The van der Waals surface area contributed by atoms with Crippen LogP contribution in [-0.2, 0) is 19.5 Å². The molecule has 2 aliphatic heterocycles. The standard InChI is InChI=1S/C16H22N2O5S/c1-17(2)24(20,21)14-5-3-4-13(12-14)15(19)18-8-6-16(7-9-18)22-10-11-23-16/h3-5,12H,6-11H2,1-2H3. The van der Waals surface area contributed by atoms with Crippen molar-refractivity contribution in [3.05, 3.63) is 29.8 Å². The maximum atomic E-state index is 12.7. The van der Waals surface area contributed by atoms with E-state index < -0.39 is 15.8 Å². The number of benzene rings is 1. The largest absolute Gasteiger partial charge is 0.347 e. The molecule has 2 fully saturated rings. The molecule has 0 bridgehead atoms. The third-order valence-electron chi connectivity index (χ3n) is 4.49. The highest BCUT2D eigenvalue weighted by Crippen LogP contribution is 2.31. The van der Waals surface area contributed by atoms with Crippen LogP contribution in [0.4, 0.5) is 0 Å². The molecule has 0 unspecified atom stereocenters. The first-order valence-electron chi connectivity index (χ1n) is 7.94. The zero-order valence-corrected chi connectivity index (χ0v) is 14.7. The molecule has 7 nitrogen and oxygen atoms in total. The normalized spacial score (nSPS) is 20.7. The van der Waals surface area contributed by atoms with E-state index in [1.54, 1.807) is 17.0 Å². The molecule has 1 amide bonds. The van der Waals surface area contributed by atoms with Gasteiger partial charge in [-0.3, -0.25) is 4.79 Å². The minimum Gasteiger partial charge on any atom is -0.347 e. The van der Waals surface area contributed by atoms with E-state index in [-0.39, 0.29) is 10.8 Å². The summed E-state index contributed by atoms with van der Waals surface area (Å²) in [7, 11) is -0.624. The number of hydrogen-bond acceptors (Lipinski definition) is 5. The van der Waals surface area contributed by atoms with Gasteiger partial charge in [-0.25, -0.2) is 12.7 Å². The van der Waals surface area contributed by atoms with Gasteiger partial charge in [0, 0.05) is 45.6 Å². The molecular formula is C16H22N2O5S. The number of ether oxygens (including phenoxy) is 2. The molecule has 24 heavy (non-hydrogen) atoms. The summed E-state index contributed by atoms with van der Waals surface area (Å²) in [6.45, 7) is 2.25. The molecule has 0 radical (unpaired) electrons. The Kier molecular flexibility index (Phi) is 4.65. The van der Waals surface area contributed by atoms with E-state index in [9.17, 15) is 13.2 Å². The maximum Gasteiger partial charge on any atom is 0.253 e. The molecule has 2 heterocycles. The van der Waals surface area contributed by atoms with Crippen LogP contribution in [0.25, 0.3) is 0 Å². The Bertz CT molecular complexity index is 716. The lowest BCUT2D eigenvalue weighted by Gasteiger charge is -2.37. The van der Waals surface area contributed by atoms with Gasteiger partial charge in [0.1, 0.15) is 0 Å². The Morgan fingerprint density at radius 2 is 1.79 bits per heavy atom. The van der Waals surface area contributed by atoms with E-state index in [4.69, 9.17) is 9.47 Å². The molecule has 8 heteroatoms. The number of likely N-dealkylation sites (tertiary alicyclic amines) is 1. The first-order valence-corrected chi connectivity index (χ1v) is 9.38. The number of hydrogen-bond donors (Lipinski definition) is 0. The number of amides is 1. The monoisotopic (exact) mass is 354 g/mol. The fourth-order valence-corrected chi connectivity index (χ4v) is 3.97. The van der Waals surface area contributed by atoms with Gasteiger partial charge in [0.15, 0.2) is 5.79 Å². The molecule has 0 saturated carbocycles. The van der Waals surface area contributed by atoms with Crippen LogP contribution in [0.5, 0.6) is 0 Å². The van der Waals surface area contributed by atoms with Gasteiger partial charge in [-0.05, 0) is 18.2 Å². The Balaban J connectivity index is 1.74. The van der Waals surface area contributed by atoms with Crippen molar-refractivity contribution in [3.63, 3.8) is 0 Å². The van der Waals surface area contributed by atoms with Crippen LogP contribution >= 0.6 is 0 Å². The maximum absolute atomic E-state index is 12.7. The Morgan fingerprint density at radius 3 is 2.38 bits per heavy atom. The lowest BCUT2D eigenvalue weighted by atomic mass is 10.0. The van der Waals surface area contributed by atoms with Gasteiger partial charge in [-0.15, -0.1) is 0 Å². The third kappa shape index (κ3) is 3.19. The number of nitrogens with zero attached hydrogens (tertiary/aromatic N) is 2. The fraction of sp³-hybridized carbons (Fsp3) is 0.562. The van der Waals surface area contributed by atoms with E-state index in [0.717, 1.165) is 4.31 Å². The topological polar surface area (TPSA) is 76.2 Å². The van der Waals surface area contributed by atoms with Crippen LogP contribution in [-0.4, -0.2) is 69.7 Å². The van der Waals surface area contributed by atoms with Crippen LogP contribution < -0.4 is 0 Å². The van der Waals surface area contributed by atoms with Gasteiger partial charge in [-0.1, -0.05) is 6.07 Å². The summed E-state index contributed by atoms with van der Waals surface area (Å²) >= 11 is 0. The average molecular weight is 354 g/mol. The Morgan fingerprint density at radius 1 is 1.17 bits per heavy atom. The van der Waals surface area contributed by atoms with Crippen molar-refractivity contribution in [2.24, 2.45) is 0 Å².